The van der Waals surface area contributed by atoms with E-state index in [1.165, 1.54) is 4.90 Å². The number of methoxy groups -OCH3 is 1. The number of ether oxygens (including phenoxy) is 1. The minimum absolute atomic E-state index is 0.00453. The number of carbonyl (C=O) groups is 3. The summed E-state index contributed by atoms with van der Waals surface area (Å²) < 4.78 is 5.26. The van der Waals surface area contributed by atoms with Crippen LogP contribution in [0.25, 0.3) is 0 Å². The summed E-state index contributed by atoms with van der Waals surface area (Å²) in [6.07, 6.45) is 0.346. The van der Waals surface area contributed by atoms with Gasteiger partial charge in [0.25, 0.3) is 0 Å². The predicted octanol–water partition coefficient (Wildman–Crippen LogP) is 0.0824. The summed E-state index contributed by atoms with van der Waals surface area (Å²) in [5, 5.41) is 2.69. The van der Waals surface area contributed by atoms with Gasteiger partial charge in [0.1, 0.15) is 5.75 Å². The van der Waals surface area contributed by atoms with E-state index in [1.54, 1.807) is 7.11 Å². The van der Waals surface area contributed by atoms with E-state index in [2.05, 4.69) is 10.2 Å². The topological polar surface area (TPSA) is 82.2 Å². The lowest BCUT2D eigenvalue weighted by atomic mass is 10.2. The molecule has 8 heteroatoms. The van der Waals surface area contributed by atoms with Crippen LogP contribution < -0.4 is 15.0 Å². The Hall–Kier alpha value is -2.77. The molecule has 2 heterocycles. The Balaban J connectivity index is 1.44. The normalized spacial score (nSPS) is 17.5. The molecule has 2 aliphatic heterocycles. The van der Waals surface area contributed by atoms with E-state index in [0.717, 1.165) is 24.5 Å². The highest BCUT2D eigenvalue weighted by molar-refractivity contribution is 5.88. The fraction of sp³-hybridized carbons (Fsp3) is 0.526. The molecule has 8 nitrogen and oxygen atoms in total. The largest absolute Gasteiger partial charge is 0.497 e. The molecule has 0 radical (unpaired) electrons. The molecule has 27 heavy (non-hydrogen) atoms. The molecular weight excluding hydrogens is 348 g/mol. The van der Waals surface area contributed by atoms with Gasteiger partial charge in [0, 0.05) is 63.9 Å². The maximum Gasteiger partial charge on any atom is 0.239 e. The van der Waals surface area contributed by atoms with Crippen LogP contribution in [0.2, 0.25) is 0 Å². The molecule has 3 amide bonds. The molecule has 0 aromatic heterocycles. The maximum atomic E-state index is 12.4. The van der Waals surface area contributed by atoms with Crippen molar-refractivity contribution in [2.75, 3.05) is 57.8 Å². The zero-order valence-electron chi connectivity index (χ0n) is 15.6. The molecular formula is C19H26N4O4. The zero-order valence-corrected chi connectivity index (χ0v) is 15.6. The van der Waals surface area contributed by atoms with Crippen molar-refractivity contribution in [3.63, 3.8) is 0 Å². The molecule has 2 aliphatic rings. The summed E-state index contributed by atoms with van der Waals surface area (Å²) in [5.41, 5.74) is 1.08. The van der Waals surface area contributed by atoms with Gasteiger partial charge in [-0.3, -0.25) is 14.4 Å². The molecule has 0 saturated carbocycles. The molecule has 3 rings (SSSR count). The molecule has 0 unspecified atom stereocenters. The number of nitrogens with zero attached hydrogens (tertiary/aromatic N) is 3. The molecule has 1 aromatic carbocycles. The van der Waals surface area contributed by atoms with Crippen LogP contribution >= 0.6 is 0 Å². The highest BCUT2D eigenvalue weighted by atomic mass is 16.5. The second-order valence-corrected chi connectivity index (χ2v) is 6.73. The number of anilines is 1. The second kappa shape index (κ2) is 8.75. The van der Waals surface area contributed by atoms with Gasteiger partial charge in [-0.2, -0.15) is 0 Å². The quantitative estimate of drug-likeness (QED) is 0.790. The average Bonchev–Trinajstić information content (AvgIpc) is 2.72. The molecule has 1 N–H and O–H groups in total. The van der Waals surface area contributed by atoms with Crippen LogP contribution in [0.3, 0.4) is 0 Å². The number of hydrogen-bond donors (Lipinski definition) is 1. The summed E-state index contributed by atoms with van der Waals surface area (Å²) in [4.78, 5) is 41.5. The Bertz CT molecular complexity index is 701. The highest BCUT2D eigenvalue weighted by Crippen LogP contribution is 2.22. The summed E-state index contributed by atoms with van der Waals surface area (Å²) in [6, 6.07) is 7.89. The van der Waals surface area contributed by atoms with E-state index < -0.39 is 0 Å². The van der Waals surface area contributed by atoms with Gasteiger partial charge in [0.15, 0.2) is 0 Å². The summed E-state index contributed by atoms with van der Waals surface area (Å²) in [6.45, 7) is 3.85. The van der Waals surface area contributed by atoms with Crippen molar-refractivity contribution in [2.24, 2.45) is 0 Å². The van der Waals surface area contributed by atoms with Gasteiger partial charge in [-0.15, -0.1) is 0 Å². The fourth-order valence-corrected chi connectivity index (χ4v) is 3.40. The van der Waals surface area contributed by atoms with Gasteiger partial charge in [0.05, 0.1) is 13.7 Å². The zero-order chi connectivity index (χ0) is 19.2. The van der Waals surface area contributed by atoms with Crippen LogP contribution in [0.5, 0.6) is 5.75 Å². The van der Waals surface area contributed by atoms with Crippen LogP contribution in [-0.4, -0.2) is 80.4 Å². The first-order valence-corrected chi connectivity index (χ1v) is 9.28. The summed E-state index contributed by atoms with van der Waals surface area (Å²) in [5.74, 6) is 0.536. The molecule has 2 fully saturated rings. The van der Waals surface area contributed by atoms with Crippen molar-refractivity contribution >= 4 is 23.4 Å². The third kappa shape index (κ3) is 4.90. The predicted molar refractivity (Wildman–Crippen MR) is 101 cm³/mol. The van der Waals surface area contributed by atoms with Crippen molar-refractivity contribution in [2.45, 2.75) is 12.8 Å². The van der Waals surface area contributed by atoms with Crippen molar-refractivity contribution in [1.82, 2.24) is 15.1 Å². The number of rotatable bonds is 5. The third-order valence-electron chi connectivity index (χ3n) is 4.99. The minimum Gasteiger partial charge on any atom is -0.497 e. The molecule has 146 valence electrons. The molecule has 0 aliphatic carbocycles. The first-order valence-electron chi connectivity index (χ1n) is 9.28. The lowest BCUT2D eigenvalue weighted by molar-refractivity contribution is -0.140. The molecule has 1 aromatic rings. The van der Waals surface area contributed by atoms with Gasteiger partial charge in [-0.05, 0) is 12.1 Å². The standard InChI is InChI=1S/C19H26N4O4/c1-27-16-4-2-3-15(13-16)21-9-11-22(12-10-21)18(25)5-6-19(26)23-8-7-20-17(24)14-23/h2-4,13H,5-12,14H2,1H3,(H,20,24). The van der Waals surface area contributed by atoms with E-state index in [0.29, 0.717) is 26.2 Å². The Kier molecular flexibility index (Phi) is 6.16. The monoisotopic (exact) mass is 374 g/mol. The van der Waals surface area contributed by atoms with Gasteiger partial charge in [0.2, 0.25) is 17.7 Å². The fourth-order valence-electron chi connectivity index (χ4n) is 3.40. The summed E-state index contributed by atoms with van der Waals surface area (Å²) in [7, 11) is 1.65. The number of piperazine rings is 2. The smallest absolute Gasteiger partial charge is 0.239 e. The van der Waals surface area contributed by atoms with Crippen LogP contribution in [-0.2, 0) is 14.4 Å². The molecule has 2 saturated heterocycles. The molecule has 0 bridgehead atoms. The van der Waals surface area contributed by atoms with Crippen LogP contribution in [0.1, 0.15) is 12.8 Å². The van der Waals surface area contributed by atoms with E-state index in [1.807, 2.05) is 29.2 Å². The van der Waals surface area contributed by atoms with Gasteiger partial charge >= 0.3 is 0 Å². The average molecular weight is 374 g/mol. The Labute approximate surface area is 159 Å². The van der Waals surface area contributed by atoms with Crippen LogP contribution in [0, 0.1) is 0 Å². The SMILES string of the molecule is COc1cccc(N2CCN(C(=O)CCC(=O)N3CCNC(=O)C3)CC2)c1. The van der Waals surface area contributed by atoms with Crippen molar-refractivity contribution < 1.29 is 19.1 Å². The van der Waals surface area contributed by atoms with Crippen molar-refractivity contribution in [1.29, 1.82) is 0 Å². The van der Waals surface area contributed by atoms with Gasteiger partial charge < -0.3 is 24.8 Å². The summed E-state index contributed by atoms with van der Waals surface area (Å²) >= 11 is 0. The lowest BCUT2D eigenvalue weighted by Gasteiger charge is -2.36. The number of nitrogens with one attached hydrogen (secondary N) is 1. The second-order valence-electron chi connectivity index (χ2n) is 6.73. The maximum absolute atomic E-state index is 12.4. The first-order chi connectivity index (χ1) is 13.1. The third-order valence-corrected chi connectivity index (χ3v) is 4.99. The van der Waals surface area contributed by atoms with Gasteiger partial charge in [-0.25, -0.2) is 0 Å². The Morgan fingerprint density at radius 3 is 2.41 bits per heavy atom. The van der Waals surface area contributed by atoms with E-state index in [4.69, 9.17) is 4.74 Å². The Morgan fingerprint density at radius 1 is 1.04 bits per heavy atom. The van der Waals surface area contributed by atoms with Crippen LogP contribution in [0.15, 0.2) is 24.3 Å². The minimum atomic E-state index is -0.144. The number of hydrogen-bond acceptors (Lipinski definition) is 5. The van der Waals surface area contributed by atoms with Gasteiger partial charge in [-0.1, -0.05) is 6.07 Å². The van der Waals surface area contributed by atoms with Crippen molar-refractivity contribution in [3.05, 3.63) is 24.3 Å². The first kappa shape index (κ1) is 19.0. The number of amides is 3. The van der Waals surface area contributed by atoms with E-state index in [9.17, 15) is 14.4 Å². The highest BCUT2D eigenvalue weighted by Gasteiger charge is 2.24. The molecule has 0 atom stereocenters. The van der Waals surface area contributed by atoms with Crippen LogP contribution in [0.4, 0.5) is 5.69 Å². The number of carbonyl (C=O) groups excluding carboxylic acids is 3. The van der Waals surface area contributed by atoms with Crippen molar-refractivity contribution in [3.8, 4) is 5.75 Å². The van der Waals surface area contributed by atoms with E-state index >= 15 is 0 Å². The lowest BCUT2D eigenvalue weighted by Crippen LogP contribution is -2.50. The Morgan fingerprint density at radius 2 is 1.74 bits per heavy atom. The number of benzene rings is 1. The van der Waals surface area contributed by atoms with E-state index in [-0.39, 0.29) is 37.1 Å². The molecule has 0 spiro atoms.